The number of carbonyl (C=O) groups excluding carboxylic acids is 1. The first-order valence-corrected chi connectivity index (χ1v) is 10.8. The lowest BCUT2D eigenvalue weighted by Gasteiger charge is -2.29. The lowest BCUT2D eigenvalue weighted by molar-refractivity contribution is -0.113. The van der Waals surface area contributed by atoms with E-state index in [4.69, 9.17) is 4.74 Å². The van der Waals surface area contributed by atoms with Gasteiger partial charge in [0.1, 0.15) is 17.6 Å². The second-order valence-corrected chi connectivity index (χ2v) is 7.81. The fourth-order valence-electron chi connectivity index (χ4n) is 4.08. The van der Waals surface area contributed by atoms with Crippen molar-refractivity contribution in [2.24, 2.45) is 0 Å². The summed E-state index contributed by atoms with van der Waals surface area (Å²) >= 11 is 0. The number of ether oxygens (including phenoxy) is 1. The van der Waals surface area contributed by atoms with Gasteiger partial charge in [-0.3, -0.25) is 4.79 Å². The number of halogens is 1. The highest BCUT2D eigenvalue weighted by Crippen LogP contribution is 2.38. The van der Waals surface area contributed by atoms with E-state index in [1.807, 2.05) is 36.4 Å². The second kappa shape index (κ2) is 8.82. The molecule has 7 nitrogen and oxygen atoms in total. The third kappa shape index (κ3) is 3.79. The van der Waals surface area contributed by atoms with Gasteiger partial charge in [0.2, 0.25) is 5.95 Å². The molecule has 1 atom stereocenters. The monoisotopic (exact) mass is 455 g/mol. The third-order valence-corrected chi connectivity index (χ3v) is 5.68. The van der Waals surface area contributed by atoms with Gasteiger partial charge in [-0.1, -0.05) is 60.7 Å². The number of para-hydroxylation sites is 2. The first-order valence-electron chi connectivity index (χ1n) is 10.8. The number of allylic oxidation sites excluding steroid dienone is 1. The first kappa shape index (κ1) is 21.4. The molecule has 0 radical (unpaired) electrons. The Kier molecular flexibility index (Phi) is 5.55. The van der Waals surface area contributed by atoms with Crippen LogP contribution in [0.1, 0.15) is 18.5 Å². The van der Waals surface area contributed by atoms with Crippen molar-refractivity contribution in [3.63, 3.8) is 0 Å². The SMILES string of the molecule is COc1ccccc1NC(=O)C1=C(C)Nc2nc(-c3ccccc3)nn2C1c1ccccc1F. The van der Waals surface area contributed by atoms with Crippen molar-refractivity contribution in [3.05, 3.63) is 102 Å². The number of fused-ring (bicyclic) bond motifs is 1. The number of benzene rings is 3. The van der Waals surface area contributed by atoms with Crippen LogP contribution in [0.2, 0.25) is 0 Å². The quantitative estimate of drug-likeness (QED) is 0.442. The van der Waals surface area contributed by atoms with Crippen molar-refractivity contribution in [2.75, 3.05) is 17.7 Å². The molecule has 1 aliphatic heterocycles. The molecular weight excluding hydrogens is 433 g/mol. The Morgan fingerprint density at radius 1 is 1.03 bits per heavy atom. The largest absolute Gasteiger partial charge is 0.495 e. The molecule has 0 bridgehead atoms. The molecule has 1 unspecified atom stereocenters. The number of hydrogen-bond acceptors (Lipinski definition) is 5. The van der Waals surface area contributed by atoms with Crippen molar-refractivity contribution in [3.8, 4) is 17.1 Å². The van der Waals surface area contributed by atoms with Crippen LogP contribution in [0, 0.1) is 5.82 Å². The molecule has 0 saturated carbocycles. The molecule has 0 spiro atoms. The van der Waals surface area contributed by atoms with Gasteiger partial charge in [-0.2, -0.15) is 4.98 Å². The highest BCUT2D eigenvalue weighted by atomic mass is 19.1. The molecule has 2 N–H and O–H groups in total. The predicted octanol–water partition coefficient (Wildman–Crippen LogP) is 5.02. The molecule has 1 aliphatic rings. The van der Waals surface area contributed by atoms with E-state index in [9.17, 15) is 4.79 Å². The van der Waals surface area contributed by atoms with E-state index in [2.05, 4.69) is 20.7 Å². The molecule has 1 aromatic heterocycles. The minimum Gasteiger partial charge on any atom is -0.495 e. The summed E-state index contributed by atoms with van der Waals surface area (Å²) in [6.07, 6.45) is 0. The van der Waals surface area contributed by atoms with E-state index in [0.29, 0.717) is 40.0 Å². The van der Waals surface area contributed by atoms with Crippen LogP contribution < -0.4 is 15.4 Å². The molecule has 4 aromatic rings. The maximum absolute atomic E-state index is 15.1. The molecule has 0 fully saturated rings. The second-order valence-electron chi connectivity index (χ2n) is 7.81. The minimum atomic E-state index is -0.822. The van der Waals surface area contributed by atoms with Crippen molar-refractivity contribution in [1.82, 2.24) is 14.8 Å². The Balaban J connectivity index is 1.62. The molecule has 1 amide bonds. The number of anilines is 2. The molecule has 34 heavy (non-hydrogen) atoms. The van der Waals surface area contributed by atoms with Crippen LogP contribution in [0.25, 0.3) is 11.4 Å². The molecule has 0 aliphatic carbocycles. The van der Waals surface area contributed by atoms with Crippen LogP contribution in [-0.4, -0.2) is 27.8 Å². The van der Waals surface area contributed by atoms with Crippen molar-refractivity contribution in [1.29, 1.82) is 0 Å². The number of hydrogen-bond donors (Lipinski definition) is 2. The number of nitrogens with one attached hydrogen (secondary N) is 2. The predicted molar refractivity (Wildman–Crippen MR) is 128 cm³/mol. The lowest BCUT2D eigenvalue weighted by Crippen LogP contribution is -2.32. The molecule has 2 heterocycles. The van der Waals surface area contributed by atoms with Gasteiger partial charge >= 0.3 is 0 Å². The Morgan fingerprint density at radius 3 is 2.50 bits per heavy atom. The number of methoxy groups -OCH3 is 1. The number of aromatic nitrogens is 3. The first-order chi connectivity index (χ1) is 16.6. The van der Waals surface area contributed by atoms with Crippen molar-refractivity contribution in [2.45, 2.75) is 13.0 Å². The smallest absolute Gasteiger partial charge is 0.255 e. The third-order valence-electron chi connectivity index (χ3n) is 5.68. The maximum Gasteiger partial charge on any atom is 0.255 e. The Labute approximate surface area is 195 Å². The highest BCUT2D eigenvalue weighted by Gasteiger charge is 2.36. The molecule has 0 saturated heterocycles. The van der Waals surface area contributed by atoms with Crippen molar-refractivity contribution >= 4 is 17.5 Å². The number of amides is 1. The van der Waals surface area contributed by atoms with Crippen LogP contribution in [0.5, 0.6) is 5.75 Å². The summed E-state index contributed by atoms with van der Waals surface area (Å²) in [6, 6.07) is 22.2. The molecular formula is C26H22FN5O2. The molecule has 5 rings (SSSR count). The summed E-state index contributed by atoms with van der Waals surface area (Å²) in [5.41, 5.74) is 2.53. The Bertz CT molecular complexity index is 1400. The zero-order valence-corrected chi connectivity index (χ0v) is 18.6. The van der Waals surface area contributed by atoms with Crippen LogP contribution in [-0.2, 0) is 4.79 Å². The topological polar surface area (TPSA) is 81.1 Å². The van der Waals surface area contributed by atoms with Crippen LogP contribution >= 0.6 is 0 Å². The van der Waals surface area contributed by atoms with Gasteiger partial charge in [0.25, 0.3) is 5.91 Å². The van der Waals surface area contributed by atoms with Crippen LogP contribution in [0.3, 0.4) is 0 Å². The van der Waals surface area contributed by atoms with Gasteiger partial charge in [-0.05, 0) is 25.1 Å². The van der Waals surface area contributed by atoms with Gasteiger partial charge in [0.15, 0.2) is 5.82 Å². The summed E-state index contributed by atoms with van der Waals surface area (Å²) in [6.45, 7) is 1.77. The average Bonchev–Trinajstić information content (AvgIpc) is 3.28. The number of rotatable bonds is 5. The maximum atomic E-state index is 15.1. The normalized spacial score (nSPS) is 14.9. The van der Waals surface area contributed by atoms with Crippen LogP contribution in [0.4, 0.5) is 16.0 Å². The van der Waals surface area contributed by atoms with E-state index in [1.54, 1.807) is 48.0 Å². The van der Waals surface area contributed by atoms with E-state index in [-0.39, 0.29) is 0 Å². The summed E-state index contributed by atoms with van der Waals surface area (Å²) in [4.78, 5) is 18.2. The fourth-order valence-corrected chi connectivity index (χ4v) is 4.08. The minimum absolute atomic E-state index is 0.319. The fraction of sp³-hybridized carbons (Fsp3) is 0.115. The summed E-state index contributed by atoms with van der Waals surface area (Å²) in [7, 11) is 1.53. The summed E-state index contributed by atoms with van der Waals surface area (Å²) < 4.78 is 22.0. The molecule has 170 valence electrons. The van der Waals surface area contributed by atoms with Crippen LogP contribution in [0.15, 0.2) is 90.1 Å². The lowest BCUT2D eigenvalue weighted by atomic mass is 9.94. The Morgan fingerprint density at radius 2 is 1.74 bits per heavy atom. The highest BCUT2D eigenvalue weighted by molar-refractivity contribution is 6.06. The summed E-state index contributed by atoms with van der Waals surface area (Å²) in [5.74, 6) is 0.591. The van der Waals surface area contributed by atoms with Gasteiger partial charge in [-0.15, -0.1) is 5.10 Å². The molecule has 3 aromatic carbocycles. The van der Waals surface area contributed by atoms with E-state index < -0.39 is 17.8 Å². The van der Waals surface area contributed by atoms with E-state index in [0.717, 1.165) is 5.56 Å². The van der Waals surface area contributed by atoms with Gasteiger partial charge in [-0.25, -0.2) is 9.07 Å². The summed E-state index contributed by atoms with van der Waals surface area (Å²) in [5, 5.41) is 10.7. The zero-order chi connectivity index (χ0) is 23.7. The Hall–Kier alpha value is -4.46. The van der Waals surface area contributed by atoms with Gasteiger partial charge in [0, 0.05) is 16.8 Å². The number of carbonyl (C=O) groups is 1. The zero-order valence-electron chi connectivity index (χ0n) is 18.6. The van der Waals surface area contributed by atoms with E-state index in [1.165, 1.54) is 13.2 Å². The van der Waals surface area contributed by atoms with E-state index >= 15 is 4.39 Å². The average molecular weight is 455 g/mol. The molecule has 8 heteroatoms. The van der Waals surface area contributed by atoms with Gasteiger partial charge < -0.3 is 15.4 Å². The number of nitrogens with zero attached hydrogens (tertiary/aromatic N) is 3. The van der Waals surface area contributed by atoms with Crippen molar-refractivity contribution < 1.29 is 13.9 Å². The van der Waals surface area contributed by atoms with Gasteiger partial charge in [0.05, 0.1) is 18.4 Å². The standard InChI is InChI=1S/C26H22FN5O2/c1-16-22(25(33)29-20-14-8-9-15-21(20)34-2)23(18-12-6-7-13-19(18)27)32-26(28-16)30-24(31-32)17-10-4-3-5-11-17/h3-15,23H,1-2H3,(H,29,33)(H,28,30,31).